The highest BCUT2D eigenvalue weighted by atomic mass is 16.2. The minimum Gasteiger partial charge on any atom is -0.354 e. The summed E-state index contributed by atoms with van der Waals surface area (Å²) in [6, 6.07) is 9.57. The SMILES string of the molecule is CN(C)CCC1(C(=O)N2CCC(CNC(=O)C(c3ccccc3)N(C)C)C2)CC1. The van der Waals surface area contributed by atoms with Crippen molar-refractivity contribution in [3.8, 4) is 0 Å². The molecule has 0 aromatic heterocycles. The van der Waals surface area contributed by atoms with Crippen molar-refractivity contribution in [1.29, 1.82) is 0 Å². The first kappa shape index (κ1) is 21.8. The average Bonchev–Trinajstić information content (AvgIpc) is 3.34. The van der Waals surface area contributed by atoms with Crippen molar-refractivity contribution >= 4 is 11.8 Å². The number of likely N-dealkylation sites (N-methyl/N-ethyl adjacent to an activating group) is 1. The molecule has 0 bridgehead atoms. The predicted molar refractivity (Wildman–Crippen MR) is 115 cm³/mol. The first-order chi connectivity index (χ1) is 13.8. The van der Waals surface area contributed by atoms with Crippen molar-refractivity contribution in [1.82, 2.24) is 20.0 Å². The molecule has 29 heavy (non-hydrogen) atoms. The lowest BCUT2D eigenvalue weighted by Gasteiger charge is -2.25. The Kier molecular flexibility index (Phi) is 6.96. The minimum atomic E-state index is -0.295. The third kappa shape index (κ3) is 5.37. The Morgan fingerprint density at radius 1 is 1.17 bits per heavy atom. The highest BCUT2D eigenvalue weighted by Gasteiger charge is 2.51. The fourth-order valence-electron chi connectivity index (χ4n) is 4.34. The predicted octanol–water partition coefficient (Wildman–Crippen LogP) is 1.99. The van der Waals surface area contributed by atoms with Crippen LogP contribution in [0.5, 0.6) is 0 Å². The smallest absolute Gasteiger partial charge is 0.241 e. The summed E-state index contributed by atoms with van der Waals surface area (Å²) in [5, 5.41) is 3.13. The van der Waals surface area contributed by atoms with Gasteiger partial charge in [-0.05, 0) is 71.9 Å². The quantitative estimate of drug-likeness (QED) is 0.689. The van der Waals surface area contributed by atoms with Crippen LogP contribution in [0, 0.1) is 11.3 Å². The van der Waals surface area contributed by atoms with Crippen LogP contribution in [0.15, 0.2) is 30.3 Å². The monoisotopic (exact) mass is 400 g/mol. The molecule has 2 amide bonds. The van der Waals surface area contributed by atoms with E-state index in [2.05, 4.69) is 24.3 Å². The zero-order chi connectivity index (χ0) is 21.0. The van der Waals surface area contributed by atoms with Gasteiger partial charge in [-0.1, -0.05) is 30.3 Å². The summed E-state index contributed by atoms with van der Waals surface area (Å²) >= 11 is 0. The van der Waals surface area contributed by atoms with Crippen molar-refractivity contribution in [2.45, 2.75) is 31.7 Å². The van der Waals surface area contributed by atoms with Gasteiger partial charge in [-0.3, -0.25) is 14.5 Å². The van der Waals surface area contributed by atoms with Gasteiger partial charge in [0.1, 0.15) is 6.04 Å². The van der Waals surface area contributed by atoms with E-state index in [0.29, 0.717) is 18.4 Å². The third-order valence-corrected chi connectivity index (χ3v) is 6.36. The second-order valence-electron chi connectivity index (χ2n) is 9.26. The number of hydrogen-bond acceptors (Lipinski definition) is 4. The Bertz CT molecular complexity index is 700. The molecular formula is C23H36N4O2. The molecular weight excluding hydrogens is 364 g/mol. The number of carbonyl (C=O) groups is 2. The van der Waals surface area contributed by atoms with Crippen LogP contribution in [0.1, 0.15) is 37.3 Å². The summed E-state index contributed by atoms with van der Waals surface area (Å²) in [6.07, 6.45) is 3.98. The molecule has 0 radical (unpaired) electrons. The van der Waals surface area contributed by atoms with Crippen molar-refractivity contribution in [3.63, 3.8) is 0 Å². The van der Waals surface area contributed by atoms with Crippen LogP contribution in [0.4, 0.5) is 0 Å². The maximum atomic E-state index is 13.0. The molecule has 1 N–H and O–H groups in total. The van der Waals surface area contributed by atoms with Gasteiger partial charge in [-0.25, -0.2) is 0 Å². The van der Waals surface area contributed by atoms with Crippen molar-refractivity contribution in [2.24, 2.45) is 11.3 Å². The Hall–Kier alpha value is -1.92. The molecule has 0 spiro atoms. The second-order valence-corrected chi connectivity index (χ2v) is 9.26. The largest absolute Gasteiger partial charge is 0.354 e. The van der Waals surface area contributed by atoms with E-state index in [4.69, 9.17) is 0 Å². The van der Waals surface area contributed by atoms with Crippen molar-refractivity contribution < 1.29 is 9.59 Å². The molecule has 2 unspecified atom stereocenters. The number of carbonyl (C=O) groups excluding carboxylic acids is 2. The van der Waals surface area contributed by atoms with E-state index in [1.807, 2.05) is 54.2 Å². The normalized spacial score (nSPS) is 21.4. The zero-order valence-corrected chi connectivity index (χ0v) is 18.4. The van der Waals surface area contributed by atoms with Crippen LogP contribution in [-0.2, 0) is 9.59 Å². The van der Waals surface area contributed by atoms with Gasteiger partial charge in [0.05, 0.1) is 5.41 Å². The Balaban J connectivity index is 1.50. The first-order valence-electron chi connectivity index (χ1n) is 10.8. The van der Waals surface area contributed by atoms with Gasteiger partial charge in [0.25, 0.3) is 0 Å². The Labute approximate surface area is 175 Å². The van der Waals surface area contributed by atoms with Gasteiger partial charge in [-0.2, -0.15) is 0 Å². The summed E-state index contributed by atoms with van der Waals surface area (Å²) < 4.78 is 0. The lowest BCUT2D eigenvalue weighted by atomic mass is 10.0. The third-order valence-electron chi connectivity index (χ3n) is 6.36. The number of likely N-dealkylation sites (tertiary alicyclic amines) is 1. The summed E-state index contributed by atoms with van der Waals surface area (Å²) in [5.41, 5.74) is 0.890. The molecule has 160 valence electrons. The highest BCUT2D eigenvalue weighted by molar-refractivity contribution is 5.85. The average molecular weight is 401 g/mol. The van der Waals surface area contributed by atoms with Gasteiger partial charge in [0, 0.05) is 19.6 Å². The molecule has 1 heterocycles. The van der Waals surface area contributed by atoms with E-state index < -0.39 is 0 Å². The zero-order valence-electron chi connectivity index (χ0n) is 18.4. The summed E-state index contributed by atoms with van der Waals surface area (Å²) in [4.78, 5) is 32.0. The molecule has 1 aliphatic carbocycles. The van der Waals surface area contributed by atoms with Gasteiger partial charge in [0.2, 0.25) is 11.8 Å². The second kappa shape index (κ2) is 9.26. The molecule has 2 aliphatic rings. The molecule has 2 atom stereocenters. The summed E-state index contributed by atoms with van der Waals surface area (Å²) in [6.45, 7) is 3.18. The lowest BCUT2D eigenvalue weighted by Crippen LogP contribution is -2.40. The van der Waals surface area contributed by atoms with Crippen LogP contribution >= 0.6 is 0 Å². The maximum Gasteiger partial charge on any atom is 0.241 e. The molecule has 1 saturated heterocycles. The molecule has 3 rings (SSSR count). The first-order valence-corrected chi connectivity index (χ1v) is 10.8. The number of rotatable bonds is 9. The topological polar surface area (TPSA) is 55.9 Å². The molecule has 2 fully saturated rings. The molecule has 1 aromatic rings. The number of hydrogen-bond donors (Lipinski definition) is 1. The Morgan fingerprint density at radius 2 is 1.86 bits per heavy atom. The van der Waals surface area contributed by atoms with Crippen LogP contribution in [-0.4, -0.2) is 80.9 Å². The van der Waals surface area contributed by atoms with E-state index in [-0.39, 0.29) is 17.4 Å². The Morgan fingerprint density at radius 3 is 2.45 bits per heavy atom. The molecule has 1 aromatic carbocycles. The van der Waals surface area contributed by atoms with Gasteiger partial charge >= 0.3 is 0 Å². The van der Waals surface area contributed by atoms with Crippen LogP contribution in [0.25, 0.3) is 0 Å². The minimum absolute atomic E-state index is 0.0237. The van der Waals surface area contributed by atoms with Crippen LogP contribution < -0.4 is 5.32 Å². The number of nitrogens with one attached hydrogen (secondary N) is 1. The lowest BCUT2D eigenvalue weighted by molar-refractivity contribution is -0.136. The van der Waals surface area contributed by atoms with E-state index in [0.717, 1.165) is 50.9 Å². The molecule has 1 saturated carbocycles. The van der Waals surface area contributed by atoms with E-state index >= 15 is 0 Å². The summed E-state index contributed by atoms with van der Waals surface area (Å²) in [5.74, 6) is 0.699. The number of benzene rings is 1. The molecule has 1 aliphatic heterocycles. The fourth-order valence-corrected chi connectivity index (χ4v) is 4.34. The van der Waals surface area contributed by atoms with Crippen LogP contribution in [0.2, 0.25) is 0 Å². The van der Waals surface area contributed by atoms with E-state index in [9.17, 15) is 9.59 Å². The molecule has 6 heteroatoms. The molecule has 6 nitrogen and oxygen atoms in total. The summed E-state index contributed by atoms with van der Waals surface area (Å²) in [7, 11) is 7.98. The fraction of sp³-hybridized carbons (Fsp3) is 0.652. The van der Waals surface area contributed by atoms with Crippen molar-refractivity contribution in [2.75, 3.05) is 54.4 Å². The maximum absolute atomic E-state index is 13.0. The highest BCUT2D eigenvalue weighted by Crippen LogP contribution is 2.50. The van der Waals surface area contributed by atoms with Gasteiger partial charge in [0.15, 0.2) is 0 Å². The van der Waals surface area contributed by atoms with E-state index in [1.165, 1.54) is 0 Å². The van der Waals surface area contributed by atoms with Crippen LogP contribution in [0.3, 0.4) is 0 Å². The standard InChI is InChI=1S/C23H36N4O2/c1-25(2)15-13-23(11-12-23)22(29)27-14-10-18(17-27)16-24-21(28)20(26(3)4)19-8-6-5-7-9-19/h5-9,18,20H,10-17H2,1-4H3,(H,24,28). The number of nitrogens with zero attached hydrogens (tertiary/aromatic N) is 3. The number of amides is 2. The van der Waals surface area contributed by atoms with Gasteiger partial charge < -0.3 is 15.1 Å². The van der Waals surface area contributed by atoms with Gasteiger partial charge in [-0.15, -0.1) is 0 Å². The van der Waals surface area contributed by atoms with E-state index in [1.54, 1.807) is 0 Å². The van der Waals surface area contributed by atoms with Crippen molar-refractivity contribution in [3.05, 3.63) is 35.9 Å².